The lowest BCUT2D eigenvalue weighted by molar-refractivity contribution is -0.139. The monoisotopic (exact) mass is 181 g/mol. The SMILES string of the molecule is O=C(O)C1CC(c2ccoc2)CN1. The molecule has 2 atom stereocenters. The van der Waals surface area contributed by atoms with E-state index < -0.39 is 12.0 Å². The number of hydrogen-bond donors (Lipinski definition) is 2. The molecule has 0 radical (unpaired) electrons. The Morgan fingerprint density at radius 3 is 3.08 bits per heavy atom. The number of aliphatic carboxylic acids is 1. The lowest BCUT2D eigenvalue weighted by Gasteiger charge is -2.03. The molecule has 0 bridgehead atoms. The molecule has 1 saturated heterocycles. The Hall–Kier alpha value is -1.29. The molecule has 0 aliphatic carbocycles. The molecule has 4 heteroatoms. The summed E-state index contributed by atoms with van der Waals surface area (Å²) in [6.07, 6.45) is 3.94. The highest BCUT2D eigenvalue weighted by atomic mass is 16.4. The van der Waals surface area contributed by atoms with E-state index in [0.29, 0.717) is 6.42 Å². The fourth-order valence-corrected chi connectivity index (χ4v) is 1.69. The highest BCUT2D eigenvalue weighted by Crippen LogP contribution is 2.25. The maximum absolute atomic E-state index is 10.6. The van der Waals surface area contributed by atoms with Crippen LogP contribution in [0.5, 0.6) is 0 Å². The van der Waals surface area contributed by atoms with Gasteiger partial charge in [0.25, 0.3) is 0 Å². The smallest absolute Gasteiger partial charge is 0.320 e. The van der Waals surface area contributed by atoms with Gasteiger partial charge >= 0.3 is 5.97 Å². The maximum Gasteiger partial charge on any atom is 0.320 e. The van der Waals surface area contributed by atoms with Crippen molar-refractivity contribution >= 4 is 5.97 Å². The zero-order valence-electron chi connectivity index (χ0n) is 7.06. The highest BCUT2D eigenvalue weighted by molar-refractivity contribution is 5.74. The van der Waals surface area contributed by atoms with Crippen molar-refractivity contribution in [2.45, 2.75) is 18.4 Å². The minimum atomic E-state index is -0.772. The van der Waals surface area contributed by atoms with Crippen molar-refractivity contribution in [3.63, 3.8) is 0 Å². The van der Waals surface area contributed by atoms with E-state index in [2.05, 4.69) is 5.32 Å². The van der Waals surface area contributed by atoms with Crippen LogP contribution in [0.2, 0.25) is 0 Å². The second-order valence-electron chi connectivity index (χ2n) is 3.29. The molecule has 2 rings (SSSR count). The van der Waals surface area contributed by atoms with Crippen LogP contribution >= 0.6 is 0 Å². The highest BCUT2D eigenvalue weighted by Gasteiger charge is 2.30. The Kier molecular flexibility index (Phi) is 2.06. The van der Waals surface area contributed by atoms with Crippen molar-refractivity contribution in [2.24, 2.45) is 0 Å². The number of rotatable bonds is 2. The number of carboxylic acid groups (broad SMARTS) is 1. The van der Waals surface area contributed by atoms with E-state index in [0.717, 1.165) is 12.1 Å². The molecule has 70 valence electrons. The van der Waals surface area contributed by atoms with E-state index in [1.54, 1.807) is 12.5 Å². The molecular weight excluding hydrogens is 170 g/mol. The summed E-state index contributed by atoms with van der Waals surface area (Å²) in [6.45, 7) is 0.719. The molecular formula is C9H11NO3. The van der Waals surface area contributed by atoms with Crippen LogP contribution < -0.4 is 5.32 Å². The Balaban J connectivity index is 2.03. The molecule has 1 aliphatic rings. The van der Waals surface area contributed by atoms with E-state index in [1.165, 1.54) is 0 Å². The van der Waals surface area contributed by atoms with Crippen LogP contribution in [0.4, 0.5) is 0 Å². The van der Waals surface area contributed by atoms with Crippen LogP contribution in [0.15, 0.2) is 23.0 Å². The molecule has 2 N–H and O–H groups in total. The van der Waals surface area contributed by atoms with Gasteiger partial charge in [0.2, 0.25) is 0 Å². The van der Waals surface area contributed by atoms with Crippen molar-refractivity contribution < 1.29 is 14.3 Å². The van der Waals surface area contributed by atoms with Gasteiger partial charge in [0.05, 0.1) is 12.5 Å². The molecule has 0 aromatic carbocycles. The molecule has 2 unspecified atom stereocenters. The van der Waals surface area contributed by atoms with Crippen LogP contribution in [0.25, 0.3) is 0 Å². The first-order valence-electron chi connectivity index (χ1n) is 4.25. The van der Waals surface area contributed by atoms with Crippen LogP contribution in [0.3, 0.4) is 0 Å². The first-order chi connectivity index (χ1) is 6.27. The van der Waals surface area contributed by atoms with Gasteiger partial charge in [0.1, 0.15) is 6.04 Å². The van der Waals surface area contributed by atoms with E-state index >= 15 is 0 Å². The Morgan fingerprint density at radius 1 is 1.69 bits per heavy atom. The average molecular weight is 181 g/mol. The predicted molar refractivity (Wildman–Crippen MR) is 45.5 cm³/mol. The average Bonchev–Trinajstić information content (AvgIpc) is 2.75. The summed E-state index contributed by atoms with van der Waals surface area (Å²) in [4.78, 5) is 10.6. The molecule has 0 spiro atoms. The first kappa shape index (κ1) is 8.31. The number of furan rings is 1. The van der Waals surface area contributed by atoms with Gasteiger partial charge in [-0.3, -0.25) is 4.79 Å². The van der Waals surface area contributed by atoms with Crippen molar-refractivity contribution in [2.75, 3.05) is 6.54 Å². The minimum Gasteiger partial charge on any atom is -0.480 e. The van der Waals surface area contributed by atoms with Crippen molar-refractivity contribution in [1.82, 2.24) is 5.32 Å². The summed E-state index contributed by atoms with van der Waals surface area (Å²) in [7, 11) is 0. The van der Waals surface area contributed by atoms with Crippen molar-refractivity contribution in [3.05, 3.63) is 24.2 Å². The molecule has 4 nitrogen and oxygen atoms in total. The van der Waals surface area contributed by atoms with Gasteiger partial charge in [0, 0.05) is 12.5 Å². The molecule has 2 heterocycles. The van der Waals surface area contributed by atoms with Crippen LogP contribution in [0, 0.1) is 0 Å². The van der Waals surface area contributed by atoms with Crippen LogP contribution in [-0.4, -0.2) is 23.7 Å². The molecule has 0 amide bonds. The van der Waals surface area contributed by atoms with Gasteiger partial charge in [-0.1, -0.05) is 0 Å². The summed E-state index contributed by atoms with van der Waals surface area (Å²) < 4.78 is 4.95. The second kappa shape index (κ2) is 3.22. The molecule has 1 aromatic heterocycles. The summed E-state index contributed by atoms with van der Waals surface area (Å²) in [5, 5.41) is 11.7. The summed E-state index contributed by atoms with van der Waals surface area (Å²) >= 11 is 0. The summed E-state index contributed by atoms with van der Waals surface area (Å²) in [5.41, 5.74) is 1.08. The lowest BCUT2D eigenvalue weighted by atomic mass is 9.99. The summed E-state index contributed by atoms with van der Waals surface area (Å²) in [6, 6.07) is 1.48. The standard InChI is InChI=1S/C9H11NO3/c11-9(12)8-3-7(4-10-8)6-1-2-13-5-6/h1-2,5,7-8,10H,3-4H2,(H,11,12). The van der Waals surface area contributed by atoms with Crippen LogP contribution in [0.1, 0.15) is 17.9 Å². The third kappa shape index (κ3) is 1.58. The summed E-state index contributed by atoms with van der Waals surface area (Å²) in [5.74, 6) is -0.495. The minimum absolute atomic E-state index is 0.278. The number of carbonyl (C=O) groups is 1. The predicted octanol–water partition coefficient (Wildman–Crippen LogP) is 0.810. The van der Waals surface area contributed by atoms with Crippen molar-refractivity contribution in [1.29, 1.82) is 0 Å². The zero-order chi connectivity index (χ0) is 9.26. The van der Waals surface area contributed by atoms with Crippen molar-refractivity contribution in [3.8, 4) is 0 Å². The van der Waals surface area contributed by atoms with Gasteiger partial charge in [-0.25, -0.2) is 0 Å². The normalized spacial score (nSPS) is 27.7. The number of nitrogens with one attached hydrogen (secondary N) is 1. The van der Waals surface area contributed by atoms with Crippen LogP contribution in [-0.2, 0) is 4.79 Å². The number of hydrogen-bond acceptors (Lipinski definition) is 3. The third-order valence-corrected chi connectivity index (χ3v) is 2.44. The molecule has 1 aromatic rings. The molecule has 0 saturated carbocycles. The van der Waals surface area contributed by atoms with Gasteiger partial charge in [0.15, 0.2) is 0 Å². The Bertz CT molecular complexity index is 294. The van der Waals surface area contributed by atoms with Gasteiger partial charge in [-0.2, -0.15) is 0 Å². The third-order valence-electron chi connectivity index (χ3n) is 2.44. The van der Waals surface area contributed by atoms with E-state index in [1.807, 2.05) is 6.07 Å². The number of carboxylic acids is 1. The molecule has 1 fully saturated rings. The molecule has 13 heavy (non-hydrogen) atoms. The fourth-order valence-electron chi connectivity index (χ4n) is 1.69. The topological polar surface area (TPSA) is 62.5 Å². The largest absolute Gasteiger partial charge is 0.480 e. The quantitative estimate of drug-likeness (QED) is 0.708. The Morgan fingerprint density at radius 2 is 2.54 bits per heavy atom. The zero-order valence-corrected chi connectivity index (χ0v) is 7.06. The van der Waals surface area contributed by atoms with E-state index in [-0.39, 0.29) is 5.92 Å². The second-order valence-corrected chi connectivity index (χ2v) is 3.29. The fraction of sp³-hybridized carbons (Fsp3) is 0.444. The van der Waals surface area contributed by atoms with Gasteiger partial charge in [-0.15, -0.1) is 0 Å². The molecule has 1 aliphatic heterocycles. The van der Waals surface area contributed by atoms with Gasteiger partial charge in [-0.05, 0) is 18.1 Å². The first-order valence-corrected chi connectivity index (χ1v) is 4.25. The maximum atomic E-state index is 10.6. The Labute approximate surface area is 75.6 Å². The van der Waals surface area contributed by atoms with Gasteiger partial charge < -0.3 is 14.8 Å². The van der Waals surface area contributed by atoms with E-state index in [9.17, 15) is 4.79 Å². The van der Waals surface area contributed by atoms with E-state index in [4.69, 9.17) is 9.52 Å². The lowest BCUT2D eigenvalue weighted by Crippen LogP contribution is -2.29.